The fraction of sp³-hybridized carbons (Fsp3) is 0.851. The number of unbranched alkanes of at least 4 members (excludes halogenated alkanes) is 24. The van der Waals surface area contributed by atoms with Crippen molar-refractivity contribution in [3.05, 3.63) is 24.3 Å². The molecule has 0 radical (unpaired) electrons. The van der Waals surface area contributed by atoms with E-state index in [4.69, 9.17) is 4.74 Å². The molecule has 0 N–H and O–H groups in total. The van der Waals surface area contributed by atoms with Crippen LogP contribution in [-0.4, -0.2) is 42.3 Å². The minimum atomic E-state index is -0.153. The number of esters is 1. The van der Waals surface area contributed by atoms with Crippen molar-refractivity contribution in [2.24, 2.45) is 0 Å². The van der Waals surface area contributed by atoms with Gasteiger partial charge in [-0.3, -0.25) is 14.4 Å². The summed E-state index contributed by atoms with van der Waals surface area (Å²) in [7, 11) is 0. The summed E-state index contributed by atoms with van der Waals surface area (Å²) in [5.74, 6) is 0.334. The average molecular weight is 730 g/mol. The van der Waals surface area contributed by atoms with E-state index in [0.29, 0.717) is 44.6 Å². The molecule has 0 aromatic heterocycles. The molecule has 0 unspecified atom stereocenters. The first-order chi connectivity index (χ1) is 25.5. The van der Waals surface area contributed by atoms with Crippen molar-refractivity contribution in [2.75, 3.05) is 19.7 Å². The smallest absolute Gasteiger partial charge is 0.305 e. The highest BCUT2D eigenvalue weighted by atomic mass is 16.5. The largest absolute Gasteiger partial charge is 0.464 e. The molecule has 0 rings (SSSR count). The van der Waals surface area contributed by atoms with Crippen LogP contribution in [0.25, 0.3) is 0 Å². The fourth-order valence-electron chi connectivity index (χ4n) is 6.67. The second kappa shape index (κ2) is 41.8. The summed E-state index contributed by atoms with van der Waals surface area (Å²) in [6.45, 7) is 7.97. The maximum atomic E-state index is 12.8. The summed E-state index contributed by atoms with van der Waals surface area (Å²) in [6.07, 6.45) is 47.8. The molecule has 304 valence electrons. The Hall–Kier alpha value is -1.91. The van der Waals surface area contributed by atoms with Gasteiger partial charge in [-0.15, -0.1) is 0 Å². The molecular weight excluding hydrogens is 643 g/mol. The van der Waals surface area contributed by atoms with Crippen LogP contribution in [0.2, 0.25) is 0 Å². The van der Waals surface area contributed by atoms with Crippen LogP contribution in [0.15, 0.2) is 24.3 Å². The monoisotopic (exact) mass is 730 g/mol. The quantitative estimate of drug-likeness (QED) is 0.0357. The molecule has 0 aliphatic carbocycles. The Morgan fingerprint density at radius 1 is 0.404 bits per heavy atom. The number of ether oxygens (including phenoxy) is 1. The molecule has 1 amide bonds. The highest BCUT2D eigenvalue weighted by molar-refractivity contribution is 5.78. The van der Waals surface area contributed by atoms with Crippen molar-refractivity contribution in [2.45, 2.75) is 239 Å². The van der Waals surface area contributed by atoms with Gasteiger partial charge in [0.25, 0.3) is 0 Å². The van der Waals surface area contributed by atoms with Gasteiger partial charge in [0.2, 0.25) is 5.91 Å². The third-order valence-electron chi connectivity index (χ3n) is 10.2. The molecule has 0 atom stereocenters. The highest BCUT2D eigenvalue weighted by Gasteiger charge is 2.14. The molecule has 0 fully saturated rings. The number of rotatable bonds is 41. The maximum absolute atomic E-state index is 12.8. The third-order valence-corrected chi connectivity index (χ3v) is 10.2. The molecular formula is C47H87NO4. The minimum absolute atomic E-state index is 0.134. The predicted molar refractivity (Wildman–Crippen MR) is 225 cm³/mol. The third kappa shape index (κ3) is 37.8. The van der Waals surface area contributed by atoms with E-state index in [9.17, 15) is 14.4 Å². The average Bonchev–Trinajstić information content (AvgIpc) is 3.14. The zero-order valence-electron chi connectivity index (χ0n) is 35.1. The molecule has 0 bridgehead atoms. The molecule has 0 saturated heterocycles. The normalized spacial score (nSPS) is 11.6. The van der Waals surface area contributed by atoms with Gasteiger partial charge in [-0.1, -0.05) is 154 Å². The van der Waals surface area contributed by atoms with Crippen LogP contribution in [0.3, 0.4) is 0 Å². The van der Waals surface area contributed by atoms with Gasteiger partial charge < -0.3 is 9.64 Å². The Labute approximate surface area is 324 Å². The summed E-state index contributed by atoms with van der Waals surface area (Å²) < 4.78 is 5.51. The van der Waals surface area contributed by atoms with E-state index in [2.05, 4.69) is 45.1 Å². The first-order valence-corrected chi connectivity index (χ1v) is 22.8. The lowest BCUT2D eigenvalue weighted by atomic mass is 10.0. The number of carbonyl (C=O) groups is 3. The van der Waals surface area contributed by atoms with Gasteiger partial charge in [0.05, 0.1) is 6.54 Å². The summed E-state index contributed by atoms with van der Waals surface area (Å²) in [5.41, 5.74) is 0. The predicted octanol–water partition coefficient (Wildman–Crippen LogP) is 14.4. The van der Waals surface area contributed by atoms with Crippen LogP contribution in [-0.2, 0) is 19.1 Å². The first-order valence-electron chi connectivity index (χ1n) is 22.8. The zero-order valence-corrected chi connectivity index (χ0v) is 35.1. The fourth-order valence-corrected chi connectivity index (χ4v) is 6.67. The van der Waals surface area contributed by atoms with Crippen molar-refractivity contribution in [1.29, 1.82) is 0 Å². The van der Waals surface area contributed by atoms with E-state index in [1.54, 1.807) is 0 Å². The van der Waals surface area contributed by atoms with Crippen molar-refractivity contribution < 1.29 is 19.1 Å². The second-order valence-electron chi connectivity index (χ2n) is 15.4. The molecule has 0 spiro atoms. The lowest BCUT2D eigenvalue weighted by molar-refractivity contribution is -0.146. The summed E-state index contributed by atoms with van der Waals surface area (Å²) in [5, 5.41) is 0. The number of hydrogen-bond acceptors (Lipinski definition) is 4. The van der Waals surface area contributed by atoms with Gasteiger partial charge in [0.15, 0.2) is 0 Å². The van der Waals surface area contributed by atoms with Crippen LogP contribution in [0.4, 0.5) is 0 Å². The van der Waals surface area contributed by atoms with Gasteiger partial charge >= 0.3 is 5.97 Å². The lowest BCUT2D eigenvalue weighted by Gasteiger charge is -2.22. The van der Waals surface area contributed by atoms with E-state index < -0.39 is 0 Å². The number of carbonyl (C=O) groups excluding carboxylic acids is 3. The molecule has 0 aliphatic heterocycles. The van der Waals surface area contributed by atoms with E-state index in [1.807, 2.05) is 4.90 Å². The van der Waals surface area contributed by atoms with Gasteiger partial charge in [0.1, 0.15) is 12.4 Å². The van der Waals surface area contributed by atoms with Crippen LogP contribution in [0, 0.1) is 0 Å². The maximum Gasteiger partial charge on any atom is 0.305 e. The SMILES string of the molecule is CCCCCCCC/C=C\CCCCCCCC(=O)CCCCN(CCOC(=O)CCCCCCC/C=C\CCCCCCCC)C(=O)CCCC. The topological polar surface area (TPSA) is 63.7 Å². The van der Waals surface area contributed by atoms with Crippen molar-refractivity contribution in [3.8, 4) is 0 Å². The van der Waals surface area contributed by atoms with Crippen molar-refractivity contribution in [1.82, 2.24) is 4.90 Å². The first kappa shape index (κ1) is 50.1. The van der Waals surface area contributed by atoms with Gasteiger partial charge in [0, 0.05) is 32.2 Å². The van der Waals surface area contributed by atoms with Crippen LogP contribution in [0.1, 0.15) is 239 Å². The summed E-state index contributed by atoms with van der Waals surface area (Å²) in [4.78, 5) is 39.4. The Balaban J connectivity index is 3.89. The standard InChI is InChI=1S/C47H87NO4/c1-4-7-10-12-14-16-18-20-22-24-26-28-30-32-34-38-45(49)39-36-37-42-48(46(50)40-9-6-3)43-44-52-47(51)41-35-33-31-29-27-25-23-21-19-17-15-13-11-8-5-2/h20-23H,4-19,24-44H2,1-3H3/b22-20-,23-21-. The molecule has 0 heterocycles. The molecule has 0 saturated carbocycles. The minimum Gasteiger partial charge on any atom is -0.464 e. The lowest BCUT2D eigenvalue weighted by Crippen LogP contribution is -2.35. The van der Waals surface area contributed by atoms with E-state index in [0.717, 1.165) is 57.8 Å². The van der Waals surface area contributed by atoms with Gasteiger partial charge in [-0.05, 0) is 83.5 Å². The number of hydrogen-bond donors (Lipinski definition) is 0. The van der Waals surface area contributed by atoms with Gasteiger partial charge in [-0.2, -0.15) is 0 Å². The molecule has 5 heteroatoms. The number of nitrogens with zero attached hydrogens (tertiary/aromatic N) is 1. The van der Waals surface area contributed by atoms with Gasteiger partial charge in [-0.25, -0.2) is 0 Å². The zero-order chi connectivity index (χ0) is 38.0. The molecule has 0 aromatic carbocycles. The number of Topliss-reactive ketones (excluding diaryl/α,β-unsaturated/α-hetero) is 1. The Bertz CT molecular complexity index is 850. The Morgan fingerprint density at radius 3 is 1.25 bits per heavy atom. The van der Waals surface area contributed by atoms with Crippen LogP contribution < -0.4 is 0 Å². The number of amides is 1. The van der Waals surface area contributed by atoms with E-state index in [-0.39, 0.29) is 18.5 Å². The summed E-state index contributed by atoms with van der Waals surface area (Å²) in [6, 6.07) is 0. The molecule has 0 aliphatic rings. The van der Waals surface area contributed by atoms with Crippen LogP contribution >= 0.6 is 0 Å². The Kier molecular flexibility index (Phi) is 40.3. The van der Waals surface area contributed by atoms with E-state index >= 15 is 0 Å². The molecule has 0 aromatic rings. The number of ketones is 1. The highest BCUT2D eigenvalue weighted by Crippen LogP contribution is 2.13. The Morgan fingerprint density at radius 2 is 0.788 bits per heavy atom. The van der Waals surface area contributed by atoms with Crippen molar-refractivity contribution in [3.63, 3.8) is 0 Å². The van der Waals surface area contributed by atoms with E-state index in [1.165, 1.54) is 135 Å². The molecule has 5 nitrogen and oxygen atoms in total. The van der Waals surface area contributed by atoms with Crippen LogP contribution in [0.5, 0.6) is 0 Å². The van der Waals surface area contributed by atoms with Crippen molar-refractivity contribution >= 4 is 17.7 Å². The molecule has 52 heavy (non-hydrogen) atoms. The summed E-state index contributed by atoms with van der Waals surface area (Å²) >= 11 is 0. The number of allylic oxidation sites excluding steroid dienone is 4. The second-order valence-corrected chi connectivity index (χ2v) is 15.4.